The van der Waals surface area contributed by atoms with Crippen LogP contribution in [0.15, 0.2) is 51.5 Å². The summed E-state index contributed by atoms with van der Waals surface area (Å²) in [5.74, 6) is 2.34. The lowest BCUT2D eigenvalue weighted by atomic mass is 9.96. The molecule has 1 aliphatic rings. The van der Waals surface area contributed by atoms with Crippen molar-refractivity contribution in [3.05, 3.63) is 52.8 Å². The molecule has 3 aromatic rings. The van der Waals surface area contributed by atoms with Gasteiger partial charge in [0, 0.05) is 27.7 Å². The quantitative estimate of drug-likeness (QED) is 0.515. The molecule has 9 heteroatoms. The molecule has 2 aromatic carbocycles. The van der Waals surface area contributed by atoms with E-state index in [1.807, 2.05) is 30.3 Å². The largest absolute Gasteiger partial charge is 0.493 e. The zero-order chi connectivity index (χ0) is 22.5. The van der Waals surface area contributed by atoms with Crippen molar-refractivity contribution in [2.24, 2.45) is 5.92 Å². The van der Waals surface area contributed by atoms with E-state index < -0.39 is 0 Å². The minimum Gasteiger partial charge on any atom is -0.493 e. The van der Waals surface area contributed by atoms with Crippen LogP contribution in [0.25, 0.3) is 11.4 Å². The lowest BCUT2D eigenvalue weighted by Gasteiger charge is -2.30. The van der Waals surface area contributed by atoms with Gasteiger partial charge in [0.2, 0.25) is 17.6 Å². The Morgan fingerprint density at radius 1 is 1.16 bits per heavy atom. The molecule has 0 aliphatic carbocycles. The summed E-state index contributed by atoms with van der Waals surface area (Å²) in [5.41, 5.74) is 1.60. The second-order valence-corrected chi connectivity index (χ2v) is 8.55. The standard InChI is InChI=1S/C23H25BrN4O4/c1-30-19-7-6-18(13-20(19)31-2)25-23(29)15-8-10-28(11-9-15)14-21-26-22(27-32-21)16-4-3-5-17(24)12-16/h3-7,12-13,15H,8-11,14H2,1-2H3,(H,25,29). The van der Waals surface area contributed by atoms with Crippen molar-refractivity contribution in [3.63, 3.8) is 0 Å². The monoisotopic (exact) mass is 500 g/mol. The van der Waals surface area contributed by atoms with E-state index >= 15 is 0 Å². The highest BCUT2D eigenvalue weighted by Crippen LogP contribution is 2.30. The molecule has 168 valence electrons. The van der Waals surface area contributed by atoms with Gasteiger partial charge in [-0.2, -0.15) is 4.98 Å². The van der Waals surface area contributed by atoms with Crippen LogP contribution in [-0.4, -0.2) is 48.3 Å². The molecule has 0 saturated carbocycles. The zero-order valence-electron chi connectivity index (χ0n) is 18.0. The third-order valence-electron chi connectivity index (χ3n) is 5.52. The first-order valence-electron chi connectivity index (χ1n) is 10.4. The van der Waals surface area contributed by atoms with Gasteiger partial charge in [-0.05, 0) is 50.2 Å². The Morgan fingerprint density at radius 3 is 2.66 bits per heavy atom. The van der Waals surface area contributed by atoms with Gasteiger partial charge in [-0.25, -0.2) is 0 Å². The maximum Gasteiger partial charge on any atom is 0.241 e. The number of hydrogen-bond acceptors (Lipinski definition) is 7. The van der Waals surface area contributed by atoms with Crippen LogP contribution in [0.1, 0.15) is 18.7 Å². The third-order valence-corrected chi connectivity index (χ3v) is 6.01. The second kappa shape index (κ2) is 10.1. The van der Waals surface area contributed by atoms with Gasteiger partial charge in [-0.3, -0.25) is 9.69 Å². The molecule has 1 amide bonds. The Balaban J connectivity index is 1.29. The Hall–Kier alpha value is -2.91. The van der Waals surface area contributed by atoms with Crippen molar-refractivity contribution in [2.45, 2.75) is 19.4 Å². The number of ether oxygens (including phenoxy) is 2. The fraction of sp³-hybridized carbons (Fsp3) is 0.348. The molecule has 8 nitrogen and oxygen atoms in total. The van der Waals surface area contributed by atoms with Crippen molar-refractivity contribution < 1.29 is 18.8 Å². The fourth-order valence-corrected chi connectivity index (χ4v) is 4.17. The maximum absolute atomic E-state index is 12.7. The van der Waals surface area contributed by atoms with Crippen molar-refractivity contribution in [3.8, 4) is 22.9 Å². The minimum atomic E-state index is -0.0424. The number of likely N-dealkylation sites (tertiary alicyclic amines) is 1. The molecule has 0 radical (unpaired) electrons. The normalized spacial score (nSPS) is 14.8. The van der Waals surface area contributed by atoms with Crippen LogP contribution in [0.2, 0.25) is 0 Å². The molecule has 0 atom stereocenters. The molecular formula is C23H25BrN4O4. The predicted octanol–water partition coefficient (Wildman–Crippen LogP) is 4.37. The number of benzene rings is 2. The number of carbonyl (C=O) groups excluding carboxylic acids is 1. The summed E-state index contributed by atoms with van der Waals surface area (Å²) in [4.78, 5) is 19.5. The lowest BCUT2D eigenvalue weighted by Crippen LogP contribution is -2.37. The second-order valence-electron chi connectivity index (χ2n) is 7.63. The molecule has 1 saturated heterocycles. The molecule has 1 N–H and O–H groups in total. The van der Waals surface area contributed by atoms with Crippen LogP contribution in [0.5, 0.6) is 11.5 Å². The lowest BCUT2D eigenvalue weighted by molar-refractivity contribution is -0.121. The summed E-state index contributed by atoms with van der Waals surface area (Å²) < 4.78 is 17.0. The minimum absolute atomic E-state index is 0.0200. The summed E-state index contributed by atoms with van der Waals surface area (Å²) in [7, 11) is 3.16. The number of aromatic nitrogens is 2. The fourth-order valence-electron chi connectivity index (χ4n) is 3.77. The van der Waals surface area contributed by atoms with Gasteiger partial charge in [-0.15, -0.1) is 0 Å². The molecule has 0 bridgehead atoms. The average molecular weight is 501 g/mol. The molecule has 0 spiro atoms. The van der Waals surface area contributed by atoms with E-state index in [9.17, 15) is 4.79 Å². The number of hydrogen-bond donors (Lipinski definition) is 1. The van der Waals surface area contributed by atoms with Crippen LogP contribution < -0.4 is 14.8 Å². The molecule has 2 heterocycles. The number of piperidine rings is 1. The number of anilines is 1. The van der Waals surface area contributed by atoms with E-state index in [0.29, 0.717) is 35.4 Å². The van der Waals surface area contributed by atoms with Crippen molar-refractivity contribution in [1.29, 1.82) is 0 Å². The van der Waals surface area contributed by atoms with E-state index in [4.69, 9.17) is 14.0 Å². The summed E-state index contributed by atoms with van der Waals surface area (Å²) >= 11 is 3.46. The topological polar surface area (TPSA) is 89.7 Å². The first kappa shape index (κ1) is 22.3. The Labute approximate surface area is 195 Å². The molecule has 1 aliphatic heterocycles. The number of nitrogens with zero attached hydrogens (tertiary/aromatic N) is 3. The van der Waals surface area contributed by atoms with E-state index in [0.717, 1.165) is 36.0 Å². The summed E-state index contributed by atoms with van der Waals surface area (Å²) in [6.07, 6.45) is 1.54. The highest BCUT2D eigenvalue weighted by Gasteiger charge is 2.26. The Kier molecular flexibility index (Phi) is 7.06. The summed E-state index contributed by atoms with van der Waals surface area (Å²) in [6, 6.07) is 13.2. The van der Waals surface area contributed by atoms with Crippen molar-refractivity contribution >= 4 is 27.5 Å². The molecule has 32 heavy (non-hydrogen) atoms. The number of rotatable bonds is 7. The number of halogens is 1. The van der Waals surface area contributed by atoms with E-state index in [1.54, 1.807) is 26.4 Å². The molecule has 1 fully saturated rings. The van der Waals surface area contributed by atoms with Crippen LogP contribution in [0, 0.1) is 5.92 Å². The number of methoxy groups -OCH3 is 2. The van der Waals surface area contributed by atoms with Crippen LogP contribution >= 0.6 is 15.9 Å². The highest BCUT2D eigenvalue weighted by atomic mass is 79.9. The van der Waals surface area contributed by atoms with E-state index in [1.165, 1.54) is 0 Å². The number of amides is 1. The van der Waals surface area contributed by atoms with Gasteiger partial charge >= 0.3 is 0 Å². The van der Waals surface area contributed by atoms with Gasteiger partial charge in [0.15, 0.2) is 11.5 Å². The maximum atomic E-state index is 12.7. The Morgan fingerprint density at radius 2 is 1.94 bits per heavy atom. The van der Waals surface area contributed by atoms with E-state index in [2.05, 4.69) is 36.3 Å². The molecule has 1 aromatic heterocycles. The van der Waals surface area contributed by atoms with Crippen LogP contribution in [0.3, 0.4) is 0 Å². The van der Waals surface area contributed by atoms with Gasteiger partial charge in [0.05, 0.1) is 20.8 Å². The predicted molar refractivity (Wildman–Crippen MR) is 124 cm³/mol. The van der Waals surface area contributed by atoms with Crippen LogP contribution in [0.4, 0.5) is 5.69 Å². The summed E-state index contributed by atoms with van der Waals surface area (Å²) in [6.45, 7) is 2.16. The van der Waals surface area contributed by atoms with Gasteiger partial charge in [-0.1, -0.05) is 33.2 Å². The number of nitrogens with one attached hydrogen (secondary N) is 1. The average Bonchev–Trinajstić information content (AvgIpc) is 3.28. The molecular weight excluding hydrogens is 476 g/mol. The SMILES string of the molecule is COc1ccc(NC(=O)C2CCN(Cc3nc(-c4cccc(Br)c4)no3)CC2)cc1OC. The van der Waals surface area contributed by atoms with Crippen LogP contribution in [-0.2, 0) is 11.3 Å². The first-order chi connectivity index (χ1) is 15.6. The van der Waals surface area contributed by atoms with Gasteiger partial charge in [0.25, 0.3) is 0 Å². The molecule has 4 rings (SSSR count). The number of carbonyl (C=O) groups is 1. The highest BCUT2D eigenvalue weighted by molar-refractivity contribution is 9.10. The van der Waals surface area contributed by atoms with Crippen molar-refractivity contribution in [1.82, 2.24) is 15.0 Å². The smallest absolute Gasteiger partial charge is 0.241 e. The zero-order valence-corrected chi connectivity index (χ0v) is 19.6. The Bertz CT molecular complexity index is 1080. The van der Waals surface area contributed by atoms with E-state index in [-0.39, 0.29) is 11.8 Å². The van der Waals surface area contributed by atoms with Gasteiger partial charge in [0.1, 0.15) is 0 Å². The first-order valence-corrected chi connectivity index (χ1v) is 11.2. The van der Waals surface area contributed by atoms with Crippen molar-refractivity contribution in [2.75, 3.05) is 32.6 Å². The summed E-state index contributed by atoms with van der Waals surface area (Å²) in [5, 5.41) is 7.08. The molecule has 0 unspecified atom stereocenters. The van der Waals surface area contributed by atoms with Gasteiger partial charge < -0.3 is 19.3 Å². The third kappa shape index (κ3) is 5.28.